The number of benzene rings is 2. The van der Waals surface area contributed by atoms with E-state index in [-0.39, 0.29) is 65.8 Å². The van der Waals surface area contributed by atoms with Crippen LogP contribution in [0.3, 0.4) is 0 Å². The molecule has 4 rings (SSSR count). The summed E-state index contributed by atoms with van der Waals surface area (Å²) < 4.78 is 152. The van der Waals surface area contributed by atoms with E-state index in [1.54, 1.807) is 0 Å². The van der Waals surface area contributed by atoms with Gasteiger partial charge in [0, 0.05) is 48.9 Å². The molecule has 9 nitrogen and oxygen atoms in total. The first-order valence-electron chi connectivity index (χ1n) is 16.1. The van der Waals surface area contributed by atoms with Crippen molar-refractivity contribution < 1.29 is 67.4 Å². The third-order valence-corrected chi connectivity index (χ3v) is 7.59. The average Bonchev–Trinajstić information content (AvgIpc) is 3.05. The molecule has 0 amide bonds. The van der Waals surface area contributed by atoms with Gasteiger partial charge in [-0.3, -0.25) is 28.3 Å². The first-order chi connectivity index (χ1) is 25.7. The van der Waals surface area contributed by atoms with Crippen molar-refractivity contribution in [3.8, 4) is 22.5 Å². The highest BCUT2D eigenvalue weighted by atomic mass is 19.4. The lowest BCUT2D eigenvalue weighted by Gasteiger charge is -2.14. The van der Waals surface area contributed by atoms with Crippen LogP contribution in [0.2, 0.25) is 0 Å². The van der Waals surface area contributed by atoms with Gasteiger partial charge in [0.2, 0.25) is 0 Å². The van der Waals surface area contributed by atoms with Crippen molar-refractivity contribution in [2.45, 2.75) is 83.2 Å². The van der Waals surface area contributed by atoms with Crippen molar-refractivity contribution in [3.63, 3.8) is 0 Å². The number of halogens is 12. The van der Waals surface area contributed by atoms with Crippen molar-refractivity contribution in [2.24, 2.45) is 0 Å². The summed E-state index contributed by atoms with van der Waals surface area (Å²) in [4.78, 5) is 55.0. The zero-order valence-electron chi connectivity index (χ0n) is 28.8. The fourth-order valence-corrected chi connectivity index (χ4v) is 5.04. The number of rotatable bonds is 12. The monoisotopic (exact) mass is 814 g/mol. The number of Topliss-reactive ketones (excluding diaryl/α,β-unsaturated/α-hetero) is 1. The number of carbonyl (C=O) groups excluding carboxylic acids is 1. The van der Waals surface area contributed by atoms with Crippen LogP contribution in [0.1, 0.15) is 55.4 Å². The second-order valence-electron chi connectivity index (χ2n) is 12.1. The molecule has 0 aliphatic rings. The highest BCUT2D eigenvalue weighted by Crippen LogP contribution is 2.32. The maximum Gasteiger partial charge on any atom is 0.416 e. The van der Waals surface area contributed by atoms with E-state index in [2.05, 4.69) is 9.97 Å². The van der Waals surface area contributed by atoms with E-state index in [0.29, 0.717) is 0 Å². The molecule has 0 unspecified atom stereocenters. The van der Waals surface area contributed by atoms with Crippen molar-refractivity contribution in [1.82, 2.24) is 19.1 Å². The molecule has 0 radical (unpaired) electrons. The largest absolute Gasteiger partial charge is 0.480 e. The van der Waals surface area contributed by atoms with Gasteiger partial charge in [0.1, 0.15) is 24.0 Å². The number of ketones is 1. The zero-order chi connectivity index (χ0) is 42.2. The third kappa shape index (κ3) is 14.0. The van der Waals surface area contributed by atoms with E-state index in [9.17, 15) is 71.9 Å². The zero-order valence-corrected chi connectivity index (χ0v) is 28.8. The number of hydrogen-bond acceptors (Lipinski definition) is 6. The van der Waals surface area contributed by atoms with Gasteiger partial charge in [-0.1, -0.05) is 24.3 Å². The molecule has 0 aliphatic heterocycles. The van der Waals surface area contributed by atoms with E-state index in [0.717, 1.165) is 69.8 Å². The highest BCUT2D eigenvalue weighted by molar-refractivity contribution is 5.75. The molecule has 304 valence electrons. The third-order valence-electron chi connectivity index (χ3n) is 7.59. The summed E-state index contributed by atoms with van der Waals surface area (Å²) in [5, 5.41) is 8.89. The first-order valence-corrected chi connectivity index (χ1v) is 16.1. The SMILES string of the molecule is CC(=O)Cn1c(CCCC(F)(F)F)nc(-c2ccc(C(F)(F)F)cc2)cc1=O.O=C(O)Cn1c(CCCC(F)(F)F)nc(-c2ccc(C(F)(F)F)cc2)cc1=O. The fourth-order valence-electron chi connectivity index (χ4n) is 5.04. The Bertz CT molecular complexity index is 1950. The molecule has 0 fully saturated rings. The van der Waals surface area contributed by atoms with Crippen LogP contribution < -0.4 is 11.1 Å². The molecule has 4 aromatic rings. The van der Waals surface area contributed by atoms with E-state index < -0.39 is 78.7 Å². The lowest BCUT2D eigenvalue weighted by Crippen LogP contribution is -2.28. The Labute approximate surface area is 308 Å². The summed E-state index contributed by atoms with van der Waals surface area (Å²) in [6, 6.07) is 9.57. The second kappa shape index (κ2) is 18.0. The number of aliphatic carboxylic acids is 1. The molecule has 0 atom stereocenters. The maximum atomic E-state index is 12.7. The number of aromatic nitrogens is 4. The van der Waals surface area contributed by atoms with Gasteiger partial charge in [0.15, 0.2) is 0 Å². The second-order valence-corrected chi connectivity index (χ2v) is 12.1. The molecule has 0 saturated heterocycles. The normalized spacial score (nSPS) is 12.2. The Kier molecular flexibility index (Phi) is 14.4. The number of aryl methyl sites for hydroxylation is 2. The molecule has 0 saturated carbocycles. The Balaban J connectivity index is 0.000000300. The van der Waals surface area contributed by atoms with Gasteiger partial charge in [-0.25, -0.2) is 9.97 Å². The van der Waals surface area contributed by atoms with Gasteiger partial charge >= 0.3 is 30.7 Å². The molecule has 0 aliphatic carbocycles. The van der Waals surface area contributed by atoms with Crippen LogP contribution in [0.5, 0.6) is 0 Å². The van der Waals surface area contributed by atoms with E-state index in [4.69, 9.17) is 5.11 Å². The summed E-state index contributed by atoms with van der Waals surface area (Å²) in [6.07, 6.45) is -21.4. The van der Waals surface area contributed by atoms with Crippen LogP contribution in [0.4, 0.5) is 52.7 Å². The number of hydrogen-bond donors (Lipinski definition) is 1. The Morgan fingerprint density at radius 1 is 0.589 bits per heavy atom. The molecular formula is C35H30F12N4O5. The number of carboxylic acid groups (broad SMARTS) is 1. The van der Waals surface area contributed by atoms with Gasteiger partial charge in [-0.15, -0.1) is 0 Å². The minimum Gasteiger partial charge on any atom is -0.480 e. The lowest BCUT2D eigenvalue weighted by atomic mass is 10.1. The molecule has 0 bridgehead atoms. The number of nitrogens with zero attached hydrogens (tertiary/aromatic N) is 4. The van der Waals surface area contributed by atoms with E-state index >= 15 is 0 Å². The van der Waals surface area contributed by atoms with Crippen molar-refractivity contribution in [3.05, 3.63) is 104 Å². The Hall–Kier alpha value is -5.50. The van der Waals surface area contributed by atoms with Gasteiger partial charge in [-0.2, -0.15) is 52.7 Å². The topological polar surface area (TPSA) is 124 Å². The van der Waals surface area contributed by atoms with Gasteiger partial charge < -0.3 is 5.11 Å². The number of carbonyl (C=O) groups is 2. The summed E-state index contributed by atoms with van der Waals surface area (Å²) in [7, 11) is 0. The first kappa shape index (κ1) is 44.9. The fraction of sp³-hybridized carbons (Fsp3) is 0.371. The minimum atomic E-state index is -4.56. The van der Waals surface area contributed by atoms with Gasteiger partial charge in [0.25, 0.3) is 11.1 Å². The van der Waals surface area contributed by atoms with Crippen LogP contribution in [0.25, 0.3) is 22.5 Å². The summed E-state index contributed by atoms with van der Waals surface area (Å²) in [5.41, 5.74) is -2.96. The molecular weight excluding hydrogens is 784 g/mol. The average molecular weight is 815 g/mol. The summed E-state index contributed by atoms with van der Waals surface area (Å²) >= 11 is 0. The smallest absolute Gasteiger partial charge is 0.416 e. The Morgan fingerprint density at radius 3 is 1.21 bits per heavy atom. The predicted octanol–water partition coefficient (Wildman–Crippen LogP) is 8.30. The van der Waals surface area contributed by atoms with E-state index in [1.165, 1.54) is 6.92 Å². The van der Waals surface area contributed by atoms with Crippen molar-refractivity contribution >= 4 is 11.8 Å². The van der Waals surface area contributed by atoms with Gasteiger partial charge in [0.05, 0.1) is 29.1 Å². The molecule has 2 aromatic heterocycles. The minimum absolute atomic E-state index is 0.0261. The van der Waals surface area contributed by atoms with Crippen LogP contribution >= 0.6 is 0 Å². The summed E-state index contributed by atoms with van der Waals surface area (Å²) in [5.74, 6) is -1.98. The van der Waals surface area contributed by atoms with Crippen LogP contribution in [-0.4, -0.2) is 48.3 Å². The molecule has 2 heterocycles. The maximum absolute atomic E-state index is 12.7. The summed E-state index contributed by atoms with van der Waals surface area (Å²) in [6.45, 7) is 0.0800. The van der Waals surface area contributed by atoms with E-state index in [1.807, 2.05) is 0 Å². The molecule has 56 heavy (non-hydrogen) atoms. The number of carboxylic acids is 1. The van der Waals surface area contributed by atoms with Crippen LogP contribution in [0, 0.1) is 0 Å². The lowest BCUT2D eigenvalue weighted by molar-refractivity contribution is -0.138. The van der Waals surface area contributed by atoms with Gasteiger partial charge in [-0.05, 0) is 44.0 Å². The predicted molar refractivity (Wildman–Crippen MR) is 174 cm³/mol. The molecule has 2 aromatic carbocycles. The van der Waals surface area contributed by atoms with Crippen LogP contribution in [0.15, 0.2) is 70.3 Å². The molecule has 21 heteroatoms. The van der Waals surface area contributed by atoms with Crippen molar-refractivity contribution in [1.29, 1.82) is 0 Å². The highest BCUT2D eigenvalue weighted by Gasteiger charge is 2.31. The number of alkyl halides is 12. The van der Waals surface area contributed by atoms with Crippen LogP contribution in [-0.2, 0) is 47.9 Å². The Morgan fingerprint density at radius 2 is 0.929 bits per heavy atom. The van der Waals surface area contributed by atoms with Crippen molar-refractivity contribution in [2.75, 3.05) is 0 Å². The molecule has 1 N–H and O–H groups in total. The standard InChI is InChI=1S/C18H16F6N2O2.C17H14F6N2O3/c1-11(27)10-26-15(3-2-8-17(19,20)21)25-14(9-16(26)28)12-4-6-13(7-5-12)18(22,23)24;18-16(19,20)7-1-2-13-24-12(8-14(26)25(13)9-15(27)28)10-3-5-11(6-4-10)17(21,22)23/h4-7,9H,2-3,8,10H2,1H3;3-6,8H,1-2,7,9H2,(H,27,28). The molecule has 0 spiro atoms. The quantitative estimate of drug-likeness (QED) is 0.143.